The second kappa shape index (κ2) is 32.6. The number of guanidine groups is 1. The van der Waals surface area contributed by atoms with Gasteiger partial charge in [0.25, 0.3) is 11.8 Å². The Kier molecular flexibility index (Phi) is 28.7. The normalized spacial score (nSPS) is 16.9. The van der Waals surface area contributed by atoms with E-state index in [0.29, 0.717) is 38.6 Å². The Bertz CT molecular complexity index is 1830. The van der Waals surface area contributed by atoms with Crippen LogP contribution in [-0.2, 0) is 43.2 Å². The molecule has 0 unspecified atom stereocenters. The van der Waals surface area contributed by atoms with E-state index in [2.05, 4.69) is 42.2 Å². The Balaban J connectivity index is 3.14. The summed E-state index contributed by atoms with van der Waals surface area (Å²) in [7, 11) is 0. The third kappa shape index (κ3) is 22.2. The number of aliphatic imine (C=N–C) groups is 1. The molecule has 0 bridgehead atoms. The molecule has 0 aromatic heterocycles. The smallest absolute Gasteiger partial charge is 0.352 e. The number of hydrogen-bond acceptors (Lipinski definition) is 17. The highest BCUT2D eigenvalue weighted by Crippen LogP contribution is 2.20. The molecule has 0 aromatic rings. The monoisotopic (exact) mass is 983 g/mol. The molecule has 0 radical (unpaired) electrons. The van der Waals surface area contributed by atoms with Crippen molar-refractivity contribution < 1.29 is 58.5 Å². The van der Waals surface area contributed by atoms with Gasteiger partial charge in [-0.05, 0) is 97.7 Å². The fourth-order valence-electron chi connectivity index (χ4n) is 6.69. The maximum atomic E-state index is 13.9. The molecule has 8 atom stereocenters. The average molecular weight is 983 g/mol. The number of carbonyl (C=O) groups is 9. The molecular formula is C41H74N16O12. The summed E-state index contributed by atoms with van der Waals surface area (Å²) in [5.41, 5.74) is 32.6. The second-order valence-corrected chi connectivity index (χ2v) is 16.2. The van der Waals surface area contributed by atoms with Crippen LogP contribution >= 0.6 is 0 Å². The number of nitrogens with two attached hydrogens (primary N) is 6. The zero-order valence-corrected chi connectivity index (χ0v) is 39.3. The first-order chi connectivity index (χ1) is 32.6. The van der Waals surface area contributed by atoms with Gasteiger partial charge < -0.3 is 91.8 Å². The molecular weight excluding hydrogens is 909 g/mol. The maximum Gasteiger partial charge on any atom is 0.352 e. The van der Waals surface area contributed by atoms with E-state index in [1.54, 1.807) is 0 Å². The largest absolute Gasteiger partial charge is 0.477 e. The number of aliphatic hydroxyl groups excluding tert-OH is 2. The summed E-state index contributed by atoms with van der Waals surface area (Å²) in [6.45, 7) is 2.15. The van der Waals surface area contributed by atoms with Crippen LogP contribution in [0.25, 0.3) is 0 Å². The number of rotatable bonds is 32. The van der Waals surface area contributed by atoms with Crippen molar-refractivity contribution in [2.45, 2.75) is 133 Å². The van der Waals surface area contributed by atoms with Gasteiger partial charge in [-0.3, -0.25) is 43.8 Å². The van der Waals surface area contributed by atoms with E-state index in [1.807, 2.05) is 0 Å². The molecule has 8 amide bonds. The van der Waals surface area contributed by atoms with Gasteiger partial charge in [-0.25, -0.2) is 9.79 Å². The number of carboxylic acid groups (broad SMARTS) is 1. The van der Waals surface area contributed by atoms with Crippen molar-refractivity contribution in [2.24, 2.45) is 39.4 Å². The SMILES string of the molecule is C[C@H](NC(=O)[C@@H](NC(=O)[C@@H](N)CCCCN)[C@@H](O)CN)C(=O)NCC(=O)/N=C(\CCCN)C(=O)N1CCC[C@H]1C(=O)N[C@H](C(=O)N[C@@H](CCCCN)C(=O)N/C(=C\CCNC(=N)N)C(=O)O)[C@H](C)O. The molecule has 0 aliphatic carbocycles. The molecule has 23 N–H and O–H groups in total. The molecule has 1 aliphatic heterocycles. The minimum Gasteiger partial charge on any atom is -0.477 e. The van der Waals surface area contributed by atoms with Gasteiger partial charge >= 0.3 is 5.97 Å². The van der Waals surface area contributed by atoms with Crippen LogP contribution in [-0.4, -0.2) is 179 Å². The summed E-state index contributed by atoms with van der Waals surface area (Å²) in [5, 5.41) is 54.5. The topological polar surface area (TPSA) is 494 Å². The van der Waals surface area contributed by atoms with E-state index in [4.69, 9.17) is 39.8 Å². The standard InChI is InChI=1S/C41H74N16O12/c1-22(51-38(66)32(29(59)20-45)56-34(62)24(46)10-3-5-15-42)33(61)50-21-30(60)52-26(12-7-17-44)39(67)57-19-9-14-28(57)36(64)55-31(23(2)58)37(65)53-25(11-4-6-16-43)35(63)54-27(40(68)69)13-8-18-49-41(47)48/h13,22-25,28-29,31-32,58-59H,3-12,14-21,42-46H2,1-2H3,(H,50,61)(H,51,66)(H,53,65)(H,54,63)(H,55,64)(H,56,62)(H,68,69)(H4,47,48,49)/b27-13-,52-26+/t22-,23-,24-,25-,28-,29-,31-,32-/m0/s1. The Hall–Kier alpha value is -6.17. The molecule has 1 saturated heterocycles. The zero-order chi connectivity index (χ0) is 52.2. The van der Waals surface area contributed by atoms with E-state index in [0.717, 1.165) is 4.90 Å². The second-order valence-electron chi connectivity index (χ2n) is 16.2. The van der Waals surface area contributed by atoms with Gasteiger partial charge in [-0.15, -0.1) is 0 Å². The van der Waals surface area contributed by atoms with Crippen LogP contribution in [0.15, 0.2) is 16.8 Å². The van der Waals surface area contributed by atoms with Crippen LogP contribution in [0.5, 0.6) is 0 Å². The summed E-state index contributed by atoms with van der Waals surface area (Å²) >= 11 is 0. The van der Waals surface area contributed by atoms with Gasteiger partial charge in [0.15, 0.2) is 5.96 Å². The molecule has 28 heteroatoms. The van der Waals surface area contributed by atoms with Gasteiger partial charge in [0.05, 0.1) is 24.8 Å². The summed E-state index contributed by atoms with van der Waals surface area (Å²) in [6, 6.07) is -8.13. The Morgan fingerprint density at radius 1 is 0.783 bits per heavy atom. The number of carboxylic acids is 1. The first-order valence-corrected chi connectivity index (χ1v) is 22.8. The highest BCUT2D eigenvalue weighted by Gasteiger charge is 2.39. The van der Waals surface area contributed by atoms with E-state index in [9.17, 15) is 58.5 Å². The third-order valence-corrected chi connectivity index (χ3v) is 10.6. The van der Waals surface area contributed by atoms with E-state index in [1.165, 1.54) is 19.9 Å². The number of carbonyl (C=O) groups excluding carboxylic acids is 8. The Morgan fingerprint density at radius 3 is 1.99 bits per heavy atom. The maximum absolute atomic E-state index is 13.9. The lowest BCUT2D eigenvalue weighted by molar-refractivity contribution is -0.138. The van der Waals surface area contributed by atoms with Crippen molar-refractivity contribution in [3.63, 3.8) is 0 Å². The predicted molar refractivity (Wildman–Crippen MR) is 251 cm³/mol. The van der Waals surface area contributed by atoms with Gasteiger partial charge in [0, 0.05) is 19.6 Å². The molecule has 1 aliphatic rings. The van der Waals surface area contributed by atoms with Crippen molar-refractivity contribution in [1.82, 2.24) is 42.1 Å². The van der Waals surface area contributed by atoms with Crippen molar-refractivity contribution >= 4 is 64.9 Å². The van der Waals surface area contributed by atoms with Crippen LogP contribution in [0, 0.1) is 5.41 Å². The lowest BCUT2D eigenvalue weighted by Gasteiger charge is -2.28. The van der Waals surface area contributed by atoms with Gasteiger partial charge in [0.2, 0.25) is 35.4 Å². The number of aliphatic carboxylic acids is 1. The first kappa shape index (κ1) is 60.8. The fraction of sp³-hybridized carbons (Fsp3) is 0.683. The molecule has 0 saturated carbocycles. The van der Waals surface area contributed by atoms with E-state index in [-0.39, 0.29) is 76.4 Å². The highest BCUT2D eigenvalue weighted by atomic mass is 16.4. The molecule has 1 heterocycles. The fourth-order valence-corrected chi connectivity index (χ4v) is 6.69. The van der Waals surface area contributed by atoms with Gasteiger partial charge in [-0.1, -0.05) is 12.5 Å². The minimum atomic E-state index is -1.67. The molecule has 0 aromatic carbocycles. The van der Waals surface area contributed by atoms with Crippen molar-refractivity contribution in [2.75, 3.05) is 45.8 Å². The average Bonchev–Trinajstić information content (AvgIpc) is 3.80. The molecule has 390 valence electrons. The summed E-state index contributed by atoms with van der Waals surface area (Å²) < 4.78 is 0. The molecule has 1 fully saturated rings. The molecule has 0 spiro atoms. The van der Waals surface area contributed by atoms with E-state index >= 15 is 0 Å². The third-order valence-electron chi connectivity index (χ3n) is 10.6. The molecule has 69 heavy (non-hydrogen) atoms. The lowest BCUT2D eigenvalue weighted by Crippen LogP contribution is -2.60. The van der Waals surface area contributed by atoms with E-state index < -0.39 is 120 Å². The molecule has 28 nitrogen and oxygen atoms in total. The first-order valence-electron chi connectivity index (χ1n) is 22.8. The van der Waals surface area contributed by atoms with Crippen LogP contribution in [0.4, 0.5) is 0 Å². The van der Waals surface area contributed by atoms with Gasteiger partial charge in [-0.2, -0.15) is 0 Å². The van der Waals surface area contributed by atoms with Crippen LogP contribution < -0.4 is 71.6 Å². The number of amides is 8. The van der Waals surface area contributed by atoms with Crippen LogP contribution in [0.2, 0.25) is 0 Å². The number of unbranched alkanes of at least 4 members (excludes halogenated alkanes) is 2. The summed E-state index contributed by atoms with van der Waals surface area (Å²) in [6.07, 6.45) is 0.830. The number of nitrogens with zero attached hydrogens (tertiary/aromatic N) is 2. The van der Waals surface area contributed by atoms with Crippen molar-refractivity contribution in [1.29, 1.82) is 5.41 Å². The number of nitrogens with one attached hydrogen (secondary N) is 8. The number of hydrogen-bond donors (Lipinski definition) is 17. The highest BCUT2D eigenvalue weighted by molar-refractivity contribution is 6.40. The summed E-state index contributed by atoms with van der Waals surface area (Å²) in [4.78, 5) is 123. The van der Waals surface area contributed by atoms with Crippen LogP contribution in [0.1, 0.15) is 84.5 Å². The number of aliphatic hydroxyl groups is 2. The molecule has 1 rings (SSSR count). The Morgan fingerprint density at radius 2 is 1.41 bits per heavy atom. The van der Waals surface area contributed by atoms with Gasteiger partial charge in [0.1, 0.15) is 41.6 Å². The number of likely N-dealkylation sites (tertiary alicyclic amines) is 1. The van der Waals surface area contributed by atoms with Crippen molar-refractivity contribution in [3.8, 4) is 0 Å². The Labute approximate surface area is 400 Å². The zero-order valence-electron chi connectivity index (χ0n) is 39.3. The quantitative estimate of drug-likeness (QED) is 0.0129. The van der Waals surface area contributed by atoms with Crippen molar-refractivity contribution in [3.05, 3.63) is 11.8 Å². The predicted octanol–water partition coefficient (Wildman–Crippen LogP) is -7.00. The van der Waals surface area contributed by atoms with Crippen LogP contribution in [0.3, 0.4) is 0 Å². The lowest BCUT2D eigenvalue weighted by atomic mass is 10.1. The minimum absolute atomic E-state index is 0.00384. The summed E-state index contributed by atoms with van der Waals surface area (Å²) in [5.74, 6) is -8.99.